The monoisotopic (exact) mass is 254 g/mol. The molecule has 0 aliphatic rings. The molecule has 1 aromatic carbocycles. The fourth-order valence-electron chi connectivity index (χ4n) is 1.24. The Morgan fingerprint density at radius 2 is 2.29 bits per heavy atom. The number of amides is 1. The lowest BCUT2D eigenvalue weighted by Crippen LogP contribution is -2.14. The molecule has 0 fully saturated rings. The number of hydrogen-bond donors (Lipinski definition) is 3. The molecular weight excluding hydrogens is 247 g/mol. The third-order valence-electron chi connectivity index (χ3n) is 2.07. The minimum atomic E-state index is -0.550. The van der Waals surface area contributed by atoms with Crippen molar-refractivity contribution in [2.75, 3.05) is 11.1 Å². The van der Waals surface area contributed by atoms with Gasteiger partial charge in [-0.3, -0.25) is 9.89 Å². The standard InChI is InChI=1S/C10H8ClFN4O/c11-6-3-5(1-2-7(6)12)15-10(17)9-8(13)4-14-16-9/h1-4H,13H2,(H,14,16)(H,15,17). The number of nitrogens with zero attached hydrogens (tertiary/aromatic N) is 1. The van der Waals surface area contributed by atoms with Crippen LogP contribution in [-0.4, -0.2) is 16.1 Å². The number of aromatic amines is 1. The molecule has 0 aliphatic carbocycles. The molecule has 0 radical (unpaired) electrons. The number of aromatic nitrogens is 2. The van der Waals surface area contributed by atoms with Crippen molar-refractivity contribution >= 4 is 28.9 Å². The molecule has 0 saturated carbocycles. The van der Waals surface area contributed by atoms with Gasteiger partial charge in [-0.05, 0) is 18.2 Å². The van der Waals surface area contributed by atoms with Crippen molar-refractivity contribution in [2.45, 2.75) is 0 Å². The highest BCUT2D eigenvalue weighted by Crippen LogP contribution is 2.20. The van der Waals surface area contributed by atoms with Gasteiger partial charge in [0, 0.05) is 5.69 Å². The first-order valence-corrected chi connectivity index (χ1v) is 5.01. The molecule has 1 heterocycles. The van der Waals surface area contributed by atoms with Gasteiger partial charge in [-0.1, -0.05) is 11.6 Å². The van der Waals surface area contributed by atoms with E-state index in [1.54, 1.807) is 0 Å². The van der Waals surface area contributed by atoms with E-state index in [1.807, 2.05) is 0 Å². The number of hydrogen-bond acceptors (Lipinski definition) is 3. The Hall–Kier alpha value is -2.08. The smallest absolute Gasteiger partial charge is 0.275 e. The van der Waals surface area contributed by atoms with E-state index in [2.05, 4.69) is 15.5 Å². The van der Waals surface area contributed by atoms with Crippen molar-refractivity contribution in [3.63, 3.8) is 0 Å². The highest BCUT2D eigenvalue weighted by molar-refractivity contribution is 6.31. The average molecular weight is 255 g/mol. The molecule has 4 N–H and O–H groups in total. The van der Waals surface area contributed by atoms with Crippen molar-refractivity contribution in [1.29, 1.82) is 0 Å². The van der Waals surface area contributed by atoms with E-state index in [-0.39, 0.29) is 16.4 Å². The molecule has 0 spiro atoms. The maximum Gasteiger partial charge on any atom is 0.275 e. The number of carbonyl (C=O) groups excluding carboxylic acids is 1. The van der Waals surface area contributed by atoms with Crippen molar-refractivity contribution < 1.29 is 9.18 Å². The number of H-pyrrole nitrogens is 1. The second-order valence-electron chi connectivity index (χ2n) is 3.28. The van der Waals surface area contributed by atoms with Gasteiger partial charge in [0.15, 0.2) is 0 Å². The first-order valence-electron chi connectivity index (χ1n) is 4.63. The summed E-state index contributed by atoms with van der Waals surface area (Å²) in [5.74, 6) is -1.02. The molecular formula is C10H8ClFN4O. The topological polar surface area (TPSA) is 83.8 Å². The van der Waals surface area contributed by atoms with Crippen LogP contribution in [0.3, 0.4) is 0 Å². The first-order chi connectivity index (χ1) is 8.08. The Bertz CT molecular complexity index is 569. The molecule has 0 bridgehead atoms. The van der Waals surface area contributed by atoms with Crippen molar-refractivity contribution in [2.24, 2.45) is 0 Å². The Morgan fingerprint density at radius 1 is 1.53 bits per heavy atom. The Balaban J connectivity index is 2.19. The zero-order valence-corrected chi connectivity index (χ0v) is 9.25. The molecule has 0 unspecified atom stereocenters. The van der Waals surface area contributed by atoms with Gasteiger partial charge in [-0.2, -0.15) is 5.10 Å². The fourth-order valence-corrected chi connectivity index (χ4v) is 1.43. The summed E-state index contributed by atoms with van der Waals surface area (Å²) >= 11 is 5.58. The van der Waals surface area contributed by atoms with E-state index in [1.165, 1.54) is 18.3 Å². The maximum atomic E-state index is 12.9. The molecule has 2 rings (SSSR count). The number of nitrogens with two attached hydrogens (primary N) is 1. The molecule has 17 heavy (non-hydrogen) atoms. The highest BCUT2D eigenvalue weighted by atomic mass is 35.5. The summed E-state index contributed by atoms with van der Waals surface area (Å²) in [5.41, 5.74) is 6.26. The predicted octanol–water partition coefficient (Wildman–Crippen LogP) is 2.04. The summed E-state index contributed by atoms with van der Waals surface area (Å²) in [6.45, 7) is 0. The second kappa shape index (κ2) is 4.42. The fraction of sp³-hybridized carbons (Fsp3) is 0. The lowest BCUT2D eigenvalue weighted by atomic mass is 10.3. The quantitative estimate of drug-likeness (QED) is 0.767. The zero-order chi connectivity index (χ0) is 12.4. The first kappa shape index (κ1) is 11.4. The molecule has 7 heteroatoms. The van der Waals surface area contributed by atoms with Gasteiger partial charge < -0.3 is 11.1 Å². The lowest BCUT2D eigenvalue weighted by Gasteiger charge is -2.04. The van der Waals surface area contributed by atoms with Crippen molar-refractivity contribution in [3.8, 4) is 0 Å². The van der Waals surface area contributed by atoms with Crippen LogP contribution < -0.4 is 11.1 Å². The summed E-state index contributed by atoms with van der Waals surface area (Å²) in [5, 5.41) is 8.52. The largest absolute Gasteiger partial charge is 0.396 e. The predicted molar refractivity (Wildman–Crippen MR) is 62.4 cm³/mol. The molecule has 2 aromatic rings. The van der Waals surface area contributed by atoms with E-state index in [0.717, 1.165) is 6.07 Å². The van der Waals surface area contributed by atoms with Gasteiger partial charge in [0.1, 0.15) is 11.5 Å². The molecule has 1 amide bonds. The summed E-state index contributed by atoms with van der Waals surface area (Å²) in [6, 6.07) is 3.86. The number of rotatable bonds is 2. The molecule has 1 aromatic heterocycles. The van der Waals surface area contributed by atoms with Gasteiger partial charge in [-0.25, -0.2) is 4.39 Å². The normalized spacial score (nSPS) is 10.2. The number of anilines is 2. The molecule has 5 nitrogen and oxygen atoms in total. The number of nitrogen functional groups attached to an aromatic ring is 1. The van der Waals surface area contributed by atoms with Crippen LogP contribution in [0.5, 0.6) is 0 Å². The van der Waals surface area contributed by atoms with Crippen LogP contribution in [0.1, 0.15) is 10.5 Å². The molecule has 0 atom stereocenters. The SMILES string of the molecule is Nc1cn[nH]c1C(=O)Nc1ccc(F)c(Cl)c1. The molecule has 0 aliphatic heterocycles. The summed E-state index contributed by atoms with van der Waals surface area (Å²) < 4.78 is 12.9. The third kappa shape index (κ3) is 2.36. The minimum Gasteiger partial charge on any atom is -0.396 e. The minimum absolute atomic E-state index is 0.0691. The van der Waals surface area contributed by atoms with E-state index in [0.29, 0.717) is 5.69 Å². The van der Waals surface area contributed by atoms with Crippen LogP contribution in [0.4, 0.5) is 15.8 Å². The van der Waals surface area contributed by atoms with E-state index < -0.39 is 11.7 Å². The van der Waals surface area contributed by atoms with Crippen molar-refractivity contribution in [3.05, 3.63) is 40.9 Å². The number of nitrogens with one attached hydrogen (secondary N) is 2. The van der Waals surface area contributed by atoms with Gasteiger partial charge in [-0.15, -0.1) is 0 Å². The lowest BCUT2D eigenvalue weighted by molar-refractivity contribution is 0.102. The summed E-state index contributed by atoms with van der Waals surface area (Å²) in [7, 11) is 0. The maximum absolute atomic E-state index is 12.9. The van der Waals surface area contributed by atoms with E-state index in [4.69, 9.17) is 17.3 Å². The zero-order valence-electron chi connectivity index (χ0n) is 8.50. The Kier molecular flexibility index (Phi) is 2.97. The third-order valence-corrected chi connectivity index (χ3v) is 2.36. The van der Waals surface area contributed by atoms with Crippen LogP contribution in [-0.2, 0) is 0 Å². The highest BCUT2D eigenvalue weighted by Gasteiger charge is 2.12. The van der Waals surface area contributed by atoms with E-state index in [9.17, 15) is 9.18 Å². The van der Waals surface area contributed by atoms with Gasteiger partial charge >= 0.3 is 0 Å². The van der Waals surface area contributed by atoms with E-state index >= 15 is 0 Å². The van der Waals surface area contributed by atoms with Crippen molar-refractivity contribution in [1.82, 2.24) is 10.2 Å². The molecule has 0 saturated heterocycles. The van der Waals surface area contributed by atoms with Crippen LogP contribution in [0, 0.1) is 5.82 Å². The van der Waals surface area contributed by atoms with Crippen LogP contribution in [0.25, 0.3) is 0 Å². The number of halogens is 2. The Morgan fingerprint density at radius 3 is 2.88 bits per heavy atom. The van der Waals surface area contributed by atoms with Crippen LogP contribution >= 0.6 is 11.6 Å². The number of benzene rings is 1. The van der Waals surface area contributed by atoms with Crippen LogP contribution in [0.15, 0.2) is 24.4 Å². The van der Waals surface area contributed by atoms with Crippen LogP contribution in [0.2, 0.25) is 5.02 Å². The average Bonchev–Trinajstić information content (AvgIpc) is 2.70. The summed E-state index contributed by atoms with van der Waals surface area (Å²) in [4.78, 5) is 11.7. The second-order valence-corrected chi connectivity index (χ2v) is 3.69. The van der Waals surface area contributed by atoms with Gasteiger partial charge in [0.25, 0.3) is 5.91 Å². The molecule has 88 valence electrons. The number of carbonyl (C=O) groups is 1. The Labute approximate surface area is 101 Å². The van der Waals surface area contributed by atoms with Gasteiger partial charge in [0.05, 0.1) is 16.9 Å². The van der Waals surface area contributed by atoms with Gasteiger partial charge in [0.2, 0.25) is 0 Å². The summed E-state index contributed by atoms with van der Waals surface area (Å²) in [6.07, 6.45) is 1.33.